The number of piperazine rings is 1. The van der Waals surface area contributed by atoms with E-state index in [2.05, 4.69) is 6.58 Å². The van der Waals surface area contributed by atoms with E-state index >= 15 is 0 Å². The van der Waals surface area contributed by atoms with Crippen molar-refractivity contribution in [2.75, 3.05) is 19.6 Å². The molecule has 4 heteroatoms. The molecule has 0 bridgehead atoms. The van der Waals surface area contributed by atoms with Crippen LogP contribution in [-0.4, -0.2) is 47.3 Å². The third-order valence-corrected chi connectivity index (χ3v) is 3.10. The first-order valence-corrected chi connectivity index (χ1v) is 5.43. The predicted octanol–water partition coefficient (Wildman–Crippen LogP) is 0.396. The molecule has 0 radical (unpaired) electrons. The van der Waals surface area contributed by atoms with Crippen molar-refractivity contribution >= 4 is 11.8 Å². The Labute approximate surface area is 89.5 Å². The summed E-state index contributed by atoms with van der Waals surface area (Å²) in [6.45, 7) is 5.05. The largest absolute Gasteiger partial charge is 0.329 e. The summed E-state index contributed by atoms with van der Waals surface area (Å²) in [6.07, 6.45) is 4.56. The predicted molar refractivity (Wildman–Crippen MR) is 56.1 cm³/mol. The monoisotopic (exact) mass is 208 g/mol. The van der Waals surface area contributed by atoms with E-state index in [0.29, 0.717) is 6.54 Å². The van der Waals surface area contributed by atoms with Crippen molar-refractivity contribution in [3.8, 4) is 0 Å². The molecule has 0 saturated carbocycles. The fourth-order valence-corrected chi connectivity index (χ4v) is 2.34. The van der Waals surface area contributed by atoms with E-state index in [1.807, 2.05) is 0 Å². The molecule has 0 aromatic heterocycles. The van der Waals surface area contributed by atoms with E-state index in [1.165, 1.54) is 0 Å². The second-order valence-electron chi connectivity index (χ2n) is 4.11. The normalized spacial score (nSPS) is 26.5. The number of amides is 2. The summed E-state index contributed by atoms with van der Waals surface area (Å²) in [5.74, 6) is 0.176. The van der Waals surface area contributed by atoms with E-state index in [4.69, 9.17) is 0 Å². The molecule has 15 heavy (non-hydrogen) atoms. The molecule has 0 spiro atoms. The molecule has 2 aliphatic heterocycles. The second-order valence-corrected chi connectivity index (χ2v) is 4.11. The molecule has 2 aliphatic rings. The van der Waals surface area contributed by atoms with Crippen molar-refractivity contribution in [1.82, 2.24) is 9.80 Å². The minimum atomic E-state index is -0.194. The van der Waals surface area contributed by atoms with Gasteiger partial charge in [0.25, 0.3) is 0 Å². The molecule has 1 atom stereocenters. The summed E-state index contributed by atoms with van der Waals surface area (Å²) >= 11 is 0. The zero-order chi connectivity index (χ0) is 10.8. The number of fused-ring (bicyclic) bond motifs is 1. The average molecular weight is 208 g/mol. The maximum atomic E-state index is 12.0. The highest BCUT2D eigenvalue weighted by Gasteiger charge is 2.39. The number of rotatable bonds is 2. The lowest BCUT2D eigenvalue weighted by atomic mass is 9.98. The summed E-state index contributed by atoms with van der Waals surface area (Å²) in [6, 6.07) is -0.194. The second kappa shape index (κ2) is 4.04. The Kier molecular flexibility index (Phi) is 2.75. The molecule has 0 N–H and O–H groups in total. The van der Waals surface area contributed by atoms with Crippen molar-refractivity contribution in [1.29, 1.82) is 0 Å². The van der Waals surface area contributed by atoms with Crippen LogP contribution >= 0.6 is 0 Å². The van der Waals surface area contributed by atoms with Crippen LogP contribution in [0.4, 0.5) is 0 Å². The zero-order valence-corrected chi connectivity index (χ0v) is 8.82. The maximum Gasteiger partial charge on any atom is 0.246 e. The number of carbonyl (C=O) groups is 2. The SMILES string of the molecule is C=CCN1CC(=O)N2CCCCC2C1=O. The molecular weight excluding hydrogens is 192 g/mol. The lowest BCUT2D eigenvalue weighted by Gasteiger charge is -2.42. The molecule has 0 aromatic carbocycles. The Morgan fingerprint density at radius 2 is 2.20 bits per heavy atom. The molecule has 1 unspecified atom stereocenters. The van der Waals surface area contributed by atoms with Gasteiger partial charge in [0, 0.05) is 13.1 Å². The average Bonchev–Trinajstić information content (AvgIpc) is 2.26. The quantitative estimate of drug-likeness (QED) is 0.616. The number of hydrogen-bond acceptors (Lipinski definition) is 2. The van der Waals surface area contributed by atoms with Gasteiger partial charge < -0.3 is 9.80 Å². The smallest absolute Gasteiger partial charge is 0.246 e. The summed E-state index contributed by atoms with van der Waals surface area (Å²) < 4.78 is 0. The van der Waals surface area contributed by atoms with E-state index in [-0.39, 0.29) is 24.4 Å². The van der Waals surface area contributed by atoms with Gasteiger partial charge in [0.2, 0.25) is 11.8 Å². The van der Waals surface area contributed by atoms with Gasteiger partial charge in [0.1, 0.15) is 12.6 Å². The number of nitrogens with zero attached hydrogens (tertiary/aromatic N) is 2. The van der Waals surface area contributed by atoms with Gasteiger partial charge in [0.05, 0.1) is 0 Å². The van der Waals surface area contributed by atoms with E-state index in [1.54, 1.807) is 15.9 Å². The highest BCUT2D eigenvalue weighted by Crippen LogP contribution is 2.22. The highest BCUT2D eigenvalue weighted by atomic mass is 16.2. The van der Waals surface area contributed by atoms with Crippen molar-refractivity contribution in [3.63, 3.8) is 0 Å². The fourth-order valence-electron chi connectivity index (χ4n) is 2.34. The van der Waals surface area contributed by atoms with Crippen molar-refractivity contribution < 1.29 is 9.59 Å². The molecule has 4 nitrogen and oxygen atoms in total. The third-order valence-electron chi connectivity index (χ3n) is 3.10. The molecule has 0 aliphatic carbocycles. The molecular formula is C11H16N2O2. The Balaban J connectivity index is 2.14. The van der Waals surface area contributed by atoms with Gasteiger partial charge in [-0.25, -0.2) is 0 Å². The summed E-state index contributed by atoms with van der Waals surface area (Å²) in [7, 11) is 0. The van der Waals surface area contributed by atoms with Gasteiger partial charge in [0.15, 0.2) is 0 Å². The number of hydrogen-bond donors (Lipinski definition) is 0. The van der Waals surface area contributed by atoms with Crippen molar-refractivity contribution in [2.45, 2.75) is 25.3 Å². The van der Waals surface area contributed by atoms with Crippen LogP contribution in [-0.2, 0) is 9.59 Å². The Bertz CT molecular complexity index is 301. The van der Waals surface area contributed by atoms with Gasteiger partial charge in [-0.3, -0.25) is 9.59 Å². The Morgan fingerprint density at radius 1 is 1.40 bits per heavy atom. The lowest BCUT2D eigenvalue weighted by molar-refractivity contribution is -0.157. The van der Waals surface area contributed by atoms with Gasteiger partial charge in [-0.05, 0) is 19.3 Å². The maximum absolute atomic E-state index is 12.0. The molecule has 2 rings (SSSR count). The minimum absolute atomic E-state index is 0.0844. The molecule has 2 heterocycles. The van der Waals surface area contributed by atoms with Crippen LogP contribution in [0.3, 0.4) is 0 Å². The first-order valence-electron chi connectivity index (χ1n) is 5.43. The van der Waals surface area contributed by atoms with Gasteiger partial charge >= 0.3 is 0 Å². The fraction of sp³-hybridized carbons (Fsp3) is 0.636. The molecule has 82 valence electrons. The van der Waals surface area contributed by atoms with Gasteiger partial charge in [-0.1, -0.05) is 6.08 Å². The van der Waals surface area contributed by atoms with Crippen molar-refractivity contribution in [3.05, 3.63) is 12.7 Å². The number of carbonyl (C=O) groups excluding carboxylic acids is 2. The van der Waals surface area contributed by atoms with Crippen LogP contribution in [0, 0.1) is 0 Å². The van der Waals surface area contributed by atoms with Crippen LogP contribution < -0.4 is 0 Å². The van der Waals surface area contributed by atoms with Crippen LogP contribution in [0.5, 0.6) is 0 Å². The number of piperidine rings is 1. The molecule has 2 saturated heterocycles. The first kappa shape index (κ1) is 10.2. The van der Waals surface area contributed by atoms with Gasteiger partial charge in [-0.2, -0.15) is 0 Å². The van der Waals surface area contributed by atoms with Crippen LogP contribution in [0.25, 0.3) is 0 Å². The van der Waals surface area contributed by atoms with E-state index < -0.39 is 0 Å². The standard InChI is InChI=1S/C11H16N2O2/c1-2-6-12-8-10(14)13-7-4-3-5-9(13)11(12)15/h2,9H,1,3-8H2. The minimum Gasteiger partial charge on any atom is -0.329 e. The molecule has 0 aromatic rings. The van der Waals surface area contributed by atoms with Crippen LogP contribution in [0.1, 0.15) is 19.3 Å². The Hall–Kier alpha value is -1.32. The topological polar surface area (TPSA) is 40.6 Å². The van der Waals surface area contributed by atoms with Crippen LogP contribution in [0.2, 0.25) is 0 Å². The summed E-state index contributed by atoms with van der Waals surface area (Å²) in [4.78, 5) is 27.1. The molecule has 2 fully saturated rings. The zero-order valence-electron chi connectivity index (χ0n) is 8.82. The first-order chi connectivity index (χ1) is 7.24. The van der Waals surface area contributed by atoms with Crippen molar-refractivity contribution in [2.24, 2.45) is 0 Å². The summed E-state index contributed by atoms with van der Waals surface area (Å²) in [5.41, 5.74) is 0. The Morgan fingerprint density at radius 3 is 2.93 bits per heavy atom. The lowest BCUT2D eigenvalue weighted by Crippen LogP contribution is -2.61. The third kappa shape index (κ3) is 1.76. The van der Waals surface area contributed by atoms with Crippen LogP contribution in [0.15, 0.2) is 12.7 Å². The van der Waals surface area contributed by atoms with E-state index in [9.17, 15) is 9.59 Å². The molecule has 2 amide bonds. The van der Waals surface area contributed by atoms with E-state index in [0.717, 1.165) is 25.8 Å². The highest BCUT2D eigenvalue weighted by molar-refractivity contribution is 5.95. The van der Waals surface area contributed by atoms with Gasteiger partial charge in [-0.15, -0.1) is 6.58 Å². The summed E-state index contributed by atoms with van der Waals surface area (Å²) in [5, 5.41) is 0.